The summed E-state index contributed by atoms with van der Waals surface area (Å²) in [5.74, 6) is 1.84. The zero-order valence-corrected chi connectivity index (χ0v) is 17.0. The van der Waals surface area contributed by atoms with Crippen molar-refractivity contribution in [3.8, 4) is 0 Å². The average Bonchev–Trinajstić information content (AvgIpc) is 3.00. The normalized spacial score (nSPS) is 22.0. The van der Waals surface area contributed by atoms with E-state index in [9.17, 15) is 0 Å². The zero-order chi connectivity index (χ0) is 15.1. The maximum Gasteiger partial charge on any atom is 0.191 e. The second-order valence-electron chi connectivity index (χ2n) is 5.77. The first-order valence-corrected chi connectivity index (χ1v) is 8.97. The van der Waals surface area contributed by atoms with Crippen LogP contribution in [0, 0.1) is 5.92 Å². The molecule has 1 fully saturated rings. The van der Waals surface area contributed by atoms with Gasteiger partial charge in [0.25, 0.3) is 0 Å². The maximum atomic E-state index is 4.43. The lowest BCUT2D eigenvalue weighted by molar-refractivity contribution is 0.304. The quantitative estimate of drug-likeness (QED) is 0.418. The first-order chi connectivity index (χ1) is 10.2. The molecule has 0 amide bonds. The highest BCUT2D eigenvalue weighted by Crippen LogP contribution is 2.26. The smallest absolute Gasteiger partial charge is 0.191 e. The van der Waals surface area contributed by atoms with Crippen molar-refractivity contribution in [3.63, 3.8) is 0 Å². The van der Waals surface area contributed by atoms with E-state index in [0.29, 0.717) is 6.04 Å². The van der Waals surface area contributed by atoms with E-state index in [4.69, 9.17) is 0 Å². The summed E-state index contributed by atoms with van der Waals surface area (Å²) in [5, 5.41) is 8.07. The van der Waals surface area contributed by atoms with Crippen LogP contribution in [0.15, 0.2) is 11.2 Å². The number of hydrogen-bond donors (Lipinski definition) is 2. The summed E-state index contributed by atoms with van der Waals surface area (Å²) in [4.78, 5) is 10.1. The number of aromatic nitrogens is 1. The molecule has 1 saturated carbocycles. The van der Waals surface area contributed by atoms with Crippen molar-refractivity contribution in [1.29, 1.82) is 0 Å². The lowest BCUT2D eigenvalue weighted by atomic mass is 9.84. The molecule has 1 aromatic rings. The summed E-state index contributed by atoms with van der Waals surface area (Å²) in [6.07, 6.45) is 9.57. The molecular weight excluding hydrogens is 407 g/mol. The largest absolute Gasteiger partial charge is 0.354 e. The second kappa shape index (κ2) is 10.4. The molecular formula is C16H29IN4S. The Bertz CT molecular complexity index is 453. The summed E-state index contributed by atoms with van der Waals surface area (Å²) >= 11 is 1.78. The third-order valence-electron chi connectivity index (χ3n) is 4.35. The molecule has 0 spiro atoms. The molecule has 2 rings (SSSR count). The van der Waals surface area contributed by atoms with Crippen LogP contribution in [0.3, 0.4) is 0 Å². The fourth-order valence-electron chi connectivity index (χ4n) is 2.86. The molecule has 126 valence electrons. The Balaban J connectivity index is 0.00000242. The predicted molar refractivity (Wildman–Crippen MR) is 106 cm³/mol. The molecule has 1 aromatic heterocycles. The molecule has 2 N–H and O–H groups in total. The topological polar surface area (TPSA) is 49.3 Å². The Morgan fingerprint density at radius 2 is 2.05 bits per heavy atom. The summed E-state index contributed by atoms with van der Waals surface area (Å²) in [5.41, 5.74) is 0. The van der Waals surface area contributed by atoms with Crippen LogP contribution >= 0.6 is 35.3 Å². The molecule has 1 heterocycles. The fourth-order valence-corrected chi connectivity index (χ4v) is 3.66. The zero-order valence-electron chi connectivity index (χ0n) is 13.9. The minimum atomic E-state index is 0. The summed E-state index contributed by atoms with van der Waals surface area (Å²) in [7, 11) is 1.84. The molecule has 0 unspecified atom stereocenters. The Morgan fingerprint density at radius 1 is 1.32 bits per heavy atom. The minimum absolute atomic E-state index is 0. The van der Waals surface area contributed by atoms with Gasteiger partial charge in [0.2, 0.25) is 0 Å². The van der Waals surface area contributed by atoms with Gasteiger partial charge >= 0.3 is 0 Å². The SMILES string of the molecule is CCc1cnc(CNC(=NC)NC2CCC(CC)CC2)s1.I. The van der Waals surface area contributed by atoms with E-state index in [0.717, 1.165) is 29.9 Å². The van der Waals surface area contributed by atoms with Crippen LogP contribution in [0.1, 0.15) is 55.8 Å². The molecule has 0 aromatic carbocycles. The Morgan fingerprint density at radius 3 is 2.59 bits per heavy atom. The number of aryl methyl sites for hydroxylation is 1. The van der Waals surface area contributed by atoms with E-state index in [-0.39, 0.29) is 24.0 Å². The molecule has 6 heteroatoms. The van der Waals surface area contributed by atoms with Crippen molar-refractivity contribution in [2.75, 3.05) is 7.05 Å². The standard InChI is InChI=1S/C16H28N4S.HI/c1-4-12-6-8-13(9-7-12)20-16(17-3)19-11-15-18-10-14(5-2)21-15;/h10,12-13H,4-9,11H2,1-3H3,(H2,17,19,20);1H. The first-order valence-electron chi connectivity index (χ1n) is 8.15. The van der Waals surface area contributed by atoms with Crippen LogP contribution in [0.25, 0.3) is 0 Å². The van der Waals surface area contributed by atoms with Crippen molar-refractivity contribution >= 4 is 41.3 Å². The third-order valence-corrected chi connectivity index (χ3v) is 5.49. The van der Waals surface area contributed by atoms with E-state index in [1.165, 1.54) is 37.0 Å². The number of hydrogen-bond acceptors (Lipinski definition) is 3. The lowest BCUT2D eigenvalue weighted by Crippen LogP contribution is -2.44. The highest BCUT2D eigenvalue weighted by Gasteiger charge is 2.20. The van der Waals surface area contributed by atoms with Crippen molar-refractivity contribution in [1.82, 2.24) is 15.6 Å². The average molecular weight is 436 g/mol. The molecule has 0 bridgehead atoms. The van der Waals surface area contributed by atoms with Gasteiger partial charge in [-0.05, 0) is 38.0 Å². The fraction of sp³-hybridized carbons (Fsp3) is 0.750. The minimum Gasteiger partial charge on any atom is -0.354 e. The van der Waals surface area contributed by atoms with Crippen molar-refractivity contribution in [2.24, 2.45) is 10.9 Å². The van der Waals surface area contributed by atoms with Crippen LogP contribution in [-0.2, 0) is 13.0 Å². The molecule has 0 saturated heterocycles. The van der Waals surface area contributed by atoms with Gasteiger partial charge in [-0.3, -0.25) is 4.99 Å². The number of aliphatic imine (C=N–C) groups is 1. The van der Waals surface area contributed by atoms with E-state index in [1.807, 2.05) is 13.2 Å². The number of guanidine groups is 1. The van der Waals surface area contributed by atoms with Gasteiger partial charge < -0.3 is 10.6 Å². The molecule has 1 aliphatic rings. The second-order valence-corrected chi connectivity index (χ2v) is 6.97. The van der Waals surface area contributed by atoms with Gasteiger partial charge in [0.1, 0.15) is 5.01 Å². The van der Waals surface area contributed by atoms with Crippen molar-refractivity contribution < 1.29 is 0 Å². The van der Waals surface area contributed by atoms with E-state index >= 15 is 0 Å². The summed E-state index contributed by atoms with van der Waals surface area (Å²) in [6, 6.07) is 0.571. The van der Waals surface area contributed by atoms with Crippen molar-refractivity contribution in [2.45, 2.75) is 65.0 Å². The number of halogens is 1. The Hall–Kier alpha value is -0.370. The number of nitrogens with one attached hydrogen (secondary N) is 2. The Kier molecular flexibility index (Phi) is 9.31. The Labute approximate surface area is 155 Å². The van der Waals surface area contributed by atoms with Crippen LogP contribution in [0.4, 0.5) is 0 Å². The van der Waals surface area contributed by atoms with Gasteiger partial charge in [-0.1, -0.05) is 20.3 Å². The van der Waals surface area contributed by atoms with Gasteiger partial charge in [-0.2, -0.15) is 0 Å². The third kappa shape index (κ3) is 6.02. The molecule has 0 radical (unpaired) electrons. The molecule has 1 aliphatic carbocycles. The van der Waals surface area contributed by atoms with E-state index < -0.39 is 0 Å². The van der Waals surface area contributed by atoms with E-state index in [2.05, 4.69) is 34.5 Å². The molecule has 22 heavy (non-hydrogen) atoms. The van der Waals surface area contributed by atoms with Crippen molar-refractivity contribution in [3.05, 3.63) is 16.1 Å². The highest BCUT2D eigenvalue weighted by molar-refractivity contribution is 14.0. The maximum absolute atomic E-state index is 4.43. The van der Waals surface area contributed by atoms with Crippen LogP contribution in [-0.4, -0.2) is 24.0 Å². The van der Waals surface area contributed by atoms with Crippen LogP contribution < -0.4 is 10.6 Å². The number of thiazole rings is 1. The monoisotopic (exact) mass is 436 g/mol. The van der Waals surface area contributed by atoms with Gasteiger partial charge in [-0.15, -0.1) is 35.3 Å². The van der Waals surface area contributed by atoms with Gasteiger partial charge in [-0.25, -0.2) is 4.98 Å². The highest BCUT2D eigenvalue weighted by atomic mass is 127. The van der Waals surface area contributed by atoms with E-state index in [1.54, 1.807) is 11.3 Å². The molecule has 4 nitrogen and oxygen atoms in total. The lowest BCUT2D eigenvalue weighted by Gasteiger charge is -2.29. The number of nitrogens with zero attached hydrogens (tertiary/aromatic N) is 2. The van der Waals surface area contributed by atoms with Gasteiger partial charge in [0.05, 0.1) is 6.54 Å². The van der Waals surface area contributed by atoms with Gasteiger partial charge in [0.15, 0.2) is 5.96 Å². The predicted octanol–water partition coefficient (Wildman–Crippen LogP) is 3.96. The van der Waals surface area contributed by atoms with Crippen LogP contribution in [0.5, 0.6) is 0 Å². The molecule has 0 aliphatic heterocycles. The van der Waals surface area contributed by atoms with Gasteiger partial charge in [0, 0.05) is 24.2 Å². The van der Waals surface area contributed by atoms with Crippen LogP contribution in [0.2, 0.25) is 0 Å². The number of rotatable bonds is 5. The summed E-state index contributed by atoms with van der Waals surface area (Å²) < 4.78 is 0. The first kappa shape index (κ1) is 19.7. The molecule has 0 atom stereocenters. The summed E-state index contributed by atoms with van der Waals surface area (Å²) in [6.45, 7) is 5.23.